The number of nitrogens with one attached hydrogen (secondary N) is 1. The zero-order valence-electron chi connectivity index (χ0n) is 10.4. The normalized spacial score (nSPS) is 23.0. The highest BCUT2D eigenvalue weighted by molar-refractivity contribution is 6.21. The third-order valence-electron chi connectivity index (χ3n) is 3.49. The maximum Gasteiger partial charge on any atom is 0.255 e. The van der Waals surface area contributed by atoms with Crippen molar-refractivity contribution in [2.24, 2.45) is 5.92 Å². The zero-order chi connectivity index (χ0) is 13.1. The van der Waals surface area contributed by atoms with Gasteiger partial charge in [-0.25, -0.2) is 0 Å². The molecule has 2 N–H and O–H groups in total. The number of hydrogen-bond acceptors (Lipinski definition) is 2. The van der Waals surface area contributed by atoms with Crippen molar-refractivity contribution in [2.45, 2.75) is 31.6 Å². The van der Waals surface area contributed by atoms with Crippen LogP contribution in [-0.4, -0.2) is 22.9 Å². The molecule has 1 aliphatic carbocycles. The zero-order valence-corrected chi connectivity index (χ0v) is 11.2. The SMILES string of the molecule is Cc1ccc(C(=O)NCC2CCCC2Cl)c(O)c1. The summed E-state index contributed by atoms with van der Waals surface area (Å²) < 4.78 is 0. The third-order valence-corrected chi connectivity index (χ3v) is 4.06. The molecule has 2 unspecified atom stereocenters. The first kappa shape index (κ1) is 13.2. The van der Waals surface area contributed by atoms with Gasteiger partial charge in [0.2, 0.25) is 0 Å². The van der Waals surface area contributed by atoms with Gasteiger partial charge >= 0.3 is 0 Å². The van der Waals surface area contributed by atoms with Gasteiger partial charge in [0.1, 0.15) is 5.75 Å². The number of rotatable bonds is 3. The van der Waals surface area contributed by atoms with Gasteiger partial charge in [-0.15, -0.1) is 11.6 Å². The summed E-state index contributed by atoms with van der Waals surface area (Å²) in [5.41, 5.74) is 1.25. The Morgan fingerprint density at radius 3 is 2.89 bits per heavy atom. The topological polar surface area (TPSA) is 49.3 Å². The maximum absolute atomic E-state index is 11.9. The smallest absolute Gasteiger partial charge is 0.255 e. The Hall–Kier alpha value is -1.22. The lowest BCUT2D eigenvalue weighted by Gasteiger charge is -2.14. The van der Waals surface area contributed by atoms with Crippen molar-refractivity contribution in [2.75, 3.05) is 6.54 Å². The summed E-state index contributed by atoms with van der Waals surface area (Å²) >= 11 is 6.16. The van der Waals surface area contributed by atoms with E-state index in [4.69, 9.17) is 11.6 Å². The van der Waals surface area contributed by atoms with Crippen LogP contribution in [0.1, 0.15) is 35.2 Å². The number of carbonyl (C=O) groups is 1. The lowest BCUT2D eigenvalue weighted by molar-refractivity contribution is 0.0945. The minimum absolute atomic E-state index is 0.0290. The molecule has 18 heavy (non-hydrogen) atoms. The van der Waals surface area contributed by atoms with Crippen molar-refractivity contribution < 1.29 is 9.90 Å². The van der Waals surface area contributed by atoms with Crippen LogP contribution >= 0.6 is 11.6 Å². The summed E-state index contributed by atoms with van der Waals surface area (Å²) in [6.07, 6.45) is 3.22. The van der Waals surface area contributed by atoms with Crippen LogP contribution in [-0.2, 0) is 0 Å². The molecule has 4 heteroatoms. The first-order chi connectivity index (χ1) is 8.58. The maximum atomic E-state index is 11.9. The van der Waals surface area contributed by atoms with E-state index in [0.717, 1.165) is 24.8 Å². The fraction of sp³-hybridized carbons (Fsp3) is 0.500. The van der Waals surface area contributed by atoms with Gasteiger partial charge in [0.05, 0.1) is 5.56 Å². The fourth-order valence-corrected chi connectivity index (χ4v) is 2.74. The summed E-state index contributed by atoms with van der Waals surface area (Å²) in [6.45, 7) is 2.46. The number of halogens is 1. The molecular weight excluding hydrogens is 250 g/mol. The van der Waals surface area contributed by atoms with Crippen molar-refractivity contribution in [1.29, 1.82) is 0 Å². The summed E-state index contributed by atoms with van der Waals surface area (Å²) in [5, 5.41) is 12.7. The van der Waals surface area contributed by atoms with Crippen LogP contribution in [0.5, 0.6) is 5.75 Å². The Kier molecular flexibility index (Phi) is 4.12. The third kappa shape index (κ3) is 2.96. The Labute approximate surface area is 112 Å². The molecule has 0 aliphatic heterocycles. The Morgan fingerprint density at radius 2 is 2.28 bits per heavy atom. The van der Waals surface area contributed by atoms with E-state index >= 15 is 0 Å². The van der Waals surface area contributed by atoms with Gasteiger partial charge in [0.15, 0.2) is 0 Å². The molecule has 1 aromatic rings. The van der Waals surface area contributed by atoms with Crippen molar-refractivity contribution in [3.8, 4) is 5.75 Å². The highest BCUT2D eigenvalue weighted by atomic mass is 35.5. The molecular formula is C14H18ClNO2. The molecule has 0 radical (unpaired) electrons. The molecule has 1 saturated carbocycles. The monoisotopic (exact) mass is 267 g/mol. The number of benzene rings is 1. The van der Waals surface area contributed by atoms with Gasteiger partial charge in [0.25, 0.3) is 5.91 Å². The van der Waals surface area contributed by atoms with Crippen molar-refractivity contribution >= 4 is 17.5 Å². The van der Waals surface area contributed by atoms with Crippen molar-refractivity contribution in [3.63, 3.8) is 0 Å². The fourth-order valence-electron chi connectivity index (χ4n) is 2.37. The first-order valence-electron chi connectivity index (χ1n) is 6.30. The summed E-state index contributed by atoms with van der Waals surface area (Å²) in [4.78, 5) is 11.9. The second kappa shape index (κ2) is 5.61. The minimum Gasteiger partial charge on any atom is -0.507 e. The molecule has 0 heterocycles. The number of alkyl halides is 1. The lowest BCUT2D eigenvalue weighted by atomic mass is 10.1. The van der Waals surface area contributed by atoms with Crippen LogP contribution < -0.4 is 5.32 Å². The molecule has 0 bridgehead atoms. The lowest BCUT2D eigenvalue weighted by Crippen LogP contribution is -2.31. The standard InChI is InChI=1S/C14H18ClNO2/c1-9-5-6-11(13(17)7-9)14(18)16-8-10-3-2-4-12(10)15/h5-7,10,12,17H,2-4,8H2,1H3,(H,16,18). The molecule has 0 spiro atoms. The molecule has 98 valence electrons. The second-order valence-electron chi connectivity index (χ2n) is 4.94. The highest BCUT2D eigenvalue weighted by Crippen LogP contribution is 2.29. The molecule has 1 aromatic carbocycles. The molecule has 2 rings (SSSR count). The summed E-state index contributed by atoms with van der Waals surface area (Å²) in [7, 11) is 0. The number of carbonyl (C=O) groups excluding carboxylic acids is 1. The molecule has 3 nitrogen and oxygen atoms in total. The van der Waals surface area contributed by atoms with Crippen LogP contribution in [0, 0.1) is 12.8 Å². The van der Waals surface area contributed by atoms with Crippen LogP contribution in [0.15, 0.2) is 18.2 Å². The van der Waals surface area contributed by atoms with E-state index < -0.39 is 0 Å². The van der Waals surface area contributed by atoms with Crippen molar-refractivity contribution in [1.82, 2.24) is 5.32 Å². The van der Waals surface area contributed by atoms with Gasteiger partial charge in [-0.1, -0.05) is 12.5 Å². The molecule has 1 aliphatic rings. The summed E-state index contributed by atoms with van der Waals surface area (Å²) in [5.74, 6) is 0.146. The Balaban J connectivity index is 1.95. The number of phenolic OH excluding ortho intramolecular Hbond substituents is 1. The van der Waals surface area contributed by atoms with E-state index in [2.05, 4.69) is 5.32 Å². The van der Waals surface area contributed by atoms with Crippen molar-refractivity contribution in [3.05, 3.63) is 29.3 Å². The quantitative estimate of drug-likeness (QED) is 0.828. The van der Waals surface area contributed by atoms with E-state index in [-0.39, 0.29) is 17.0 Å². The molecule has 1 fully saturated rings. The van der Waals surface area contributed by atoms with Crippen LogP contribution in [0.4, 0.5) is 0 Å². The molecule has 2 atom stereocenters. The van der Waals surface area contributed by atoms with Crippen LogP contribution in [0.2, 0.25) is 0 Å². The van der Waals surface area contributed by atoms with Gasteiger partial charge in [-0.05, 0) is 43.4 Å². The minimum atomic E-state index is -0.233. The molecule has 0 saturated heterocycles. The summed E-state index contributed by atoms with van der Waals surface area (Å²) in [6, 6.07) is 5.05. The number of phenols is 1. The number of aromatic hydroxyl groups is 1. The Bertz CT molecular complexity index is 447. The average Bonchev–Trinajstić information content (AvgIpc) is 2.72. The first-order valence-corrected chi connectivity index (χ1v) is 6.73. The predicted octanol–water partition coefficient (Wildman–Crippen LogP) is 2.84. The Morgan fingerprint density at radius 1 is 1.50 bits per heavy atom. The van der Waals surface area contributed by atoms with Gasteiger partial charge in [-0.2, -0.15) is 0 Å². The molecule has 1 amide bonds. The van der Waals surface area contributed by atoms with Gasteiger partial charge in [0, 0.05) is 11.9 Å². The van der Waals surface area contributed by atoms with E-state index in [0.29, 0.717) is 18.0 Å². The second-order valence-corrected chi connectivity index (χ2v) is 5.50. The van der Waals surface area contributed by atoms with E-state index in [1.165, 1.54) is 0 Å². The number of aryl methyl sites for hydroxylation is 1. The number of amides is 1. The van der Waals surface area contributed by atoms with Gasteiger partial charge < -0.3 is 10.4 Å². The van der Waals surface area contributed by atoms with Crippen LogP contribution in [0.3, 0.4) is 0 Å². The average molecular weight is 268 g/mol. The van der Waals surface area contributed by atoms with E-state index in [1.807, 2.05) is 13.0 Å². The van der Waals surface area contributed by atoms with E-state index in [9.17, 15) is 9.90 Å². The predicted molar refractivity (Wildman–Crippen MR) is 72.2 cm³/mol. The highest BCUT2D eigenvalue weighted by Gasteiger charge is 2.25. The van der Waals surface area contributed by atoms with Gasteiger partial charge in [-0.3, -0.25) is 4.79 Å². The number of hydrogen-bond donors (Lipinski definition) is 2. The van der Waals surface area contributed by atoms with Crippen LogP contribution in [0.25, 0.3) is 0 Å². The largest absolute Gasteiger partial charge is 0.507 e. The molecule has 0 aromatic heterocycles. The van der Waals surface area contributed by atoms with E-state index in [1.54, 1.807) is 12.1 Å².